The fourth-order valence-electron chi connectivity index (χ4n) is 5.33. The van der Waals surface area contributed by atoms with Crippen LogP contribution in [0.4, 0.5) is 0 Å². The van der Waals surface area contributed by atoms with Gasteiger partial charge in [-0.15, -0.1) is 9.05 Å². The van der Waals surface area contributed by atoms with E-state index in [1.807, 2.05) is 24.3 Å². The number of H-pyrrole nitrogens is 1. The van der Waals surface area contributed by atoms with Crippen molar-refractivity contribution in [2.45, 2.75) is 30.8 Å². The third kappa shape index (κ3) is 5.84. The molecule has 208 valence electrons. The zero-order valence-electron chi connectivity index (χ0n) is 21.8. The Balaban J connectivity index is 1.13. The van der Waals surface area contributed by atoms with Crippen molar-refractivity contribution in [2.24, 2.45) is 0 Å². The second-order valence-electron chi connectivity index (χ2n) is 9.73. The minimum Gasteiger partial charge on any atom is -0.456 e. The maximum Gasteiger partial charge on any atom is 0.521 e. The Morgan fingerprint density at radius 3 is 2.22 bits per heavy atom. The van der Waals surface area contributed by atoms with Crippen molar-refractivity contribution >= 4 is 24.9 Å². The van der Waals surface area contributed by atoms with Crippen LogP contribution < -0.4 is 11.2 Å². The molecule has 4 aromatic rings. The van der Waals surface area contributed by atoms with E-state index >= 15 is 0 Å². The Bertz CT molecular complexity index is 1660. The van der Waals surface area contributed by atoms with Gasteiger partial charge in [-0.05, 0) is 34.4 Å². The van der Waals surface area contributed by atoms with Crippen LogP contribution in [-0.4, -0.2) is 40.9 Å². The van der Waals surface area contributed by atoms with Gasteiger partial charge < -0.3 is 9.47 Å². The van der Waals surface area contributed by atoms with E-state index in [0.29, 0.717) is 12.2 Å². The molecule has 1 unspecified atom stereocenters. The molecule has 1 saturated heterocycles. The van der Waals surface area contributed by atoms with Crippen molar-refractivity contribution in [3.05, 3.63) is 129 Å². The van der Waals surface area contributed by atoms with E-state index in [9.17, 15) is 14.4 Å². The summed E-state index contributed by atoms with van der Waals surface area (Å²) >= 11 is 5.53. The molecule has 0 spiro atoms. The van der Waals surface area contributed by atoms with Crippen LogP contribution in [0, 0.1) is 0 Å². The lowest BCUT2D eigenvalue weighted by atomic mass is 9.98. The van der Waals surface area contributed by atoms with Crippen molar-refractivity contribution in [3.8, 4) is 11.1 Å². The number of rotatable bonds is 9. The van der Waals surface area contributed by atoms with Crippen LogP contribution in [0.5, 0.6) is 0 Å². The first-order chi connectivity index (χ1) is 20.0. The van der Waals surface area contributed by atoms with Gasteiger partial charge in [0.15, 0.2) is 0 Å². The first-order valence-electron chi connectivity index (χ1n) is 13.1. The van der Waals surface area contributed by atoms with E-state index in [2.05, 4.69) is 29.2 Å². The van der Waals surface area contributed by atoms with Gasteiger partial charge in [-0.25, -0.2) is 9.59 Å². The number of aromatic amines is 1. The summed E-state index contributed by atoms with van der Waals surface area (Å²) in [7, 11) is -1.71. The van der Waals surface area contributed by atoms with Gasteiger partial charge >= 0.3 is 18.8 Å². The van der Waals surface area contributed by atoms with Crippen molar-refractivity contribution in [1.82, 2.24) is 9.55 Å². The molecule has 41 heavy (non-hydrogen) atoms. The summed E-state index contributed by atoms with van der Waals surface area (Å²) in [4.78, 5) is 39.0. The average molecular weight is 590 g/mol. The minimum absolute atomic E-state index is 0.00557. The van der Waals surface area contributed by atoms with Gasteiger partial charge in [0.25, 0.3) is 5.56 Å². The fraction of sp³-hybridized carbons (Fsp3) is 0.233. The topological polar surface area (TPSA) is 109 Å². The molecule has 1 fully saturated rings. The lowest BCUT2D eigenvalue weighted by molar-refractivity contribution is -0.0473. The lowest BCUT2D eigenvalue weighted by Crippen LogP contribution is -2.31. The number of esters is 1. The monoisotopic (exact) mass is 589 g/mol. The van der Waals surface area contributed by atoms with Gasteiger partial charge in [0, 0.05) is 24.6 Å². The molecule has 0 radical (unpaired) electrons. The van der Waals surface area contributed by atoms with Crippen LogP contribution in [0.25, 0.3) is 11.1 Å². The summed E-state index contributed by atoms with van der Waals surface area (Å²) in [6.07, 6.45) is -0.671. The molecule has 11 heteroatoms. The number of nitrogens with zero attached hydrogens (tertiary/aromatic N) is 1. The molecule has 1 aliphatic carbocycles. The van der Waals surface area contributed by atoms with Crippen LogP contribution in [0.2, 0.25) is 0 Å². The number of hydrogen-bond acceptors (Lipinski definition) is 8. The second kappa shape index (κ2) is 12.0. The number of aromatic nitrogens is 2. The predicted octanol–water partition coefficient (Wildman–Crippen LogP) is 4.67. The third-order valence-corrected chi connectivity index (χ3v) is 8.62. The molecule has 6 rings (SSSR count). The van der Waals surface area contributed by atoms with Gasteiger partial charge in [0.1, 0.15) is 31.6 Å². The second-order valence-corrected chi connectivity index (χ2v) is 11.6. The van der Waals surface area contributed by atoms with Crippen LogP contribution in [-0.2, 0) is 30.3 Å². The van der Waals surface area contributed by atoms with Gasteiger partial charge in [-0.1, -0.05) is 66.7 Å². The van der Waals surface area contributed by atoms with Gasteiger partial charge in [0.05, 0.1) is 5.56 Å². The Labute approximate surface area is 241 Å². The molecule has 0 bridgehead atoms. The van der Waals surface area contributed by atoms with E-state index < -0.39 is 42.8 Å². The van der Waals surface area contributed by atoms with Crippen LogP contribution >= 0.6 is 7.15 Å². The van der Waals surface area contributed by atoms with Crippen LogP contribution in [0.3, 0.4) is 0 Å². The molecule has 4 atom stereocenters. The Hall–Kier alpha value is -3.79. The molecule has 1 N–H and O–H groups in total. The summed E-state index contributed by atoms with van der Waals surface area (Å²) in [6, 6.07) is 26.4. The largest absolute Gasteiger partial charge is 0.521 e. The van der Waals surface area contributed by atoms with Gasteiger partial charge in [0.2, 0.25) is 11.8 Å². The van der Waals surface area contributed by atoms with Crippen molar-refractivity contribution in [1.29, 1.82) is 0 Å². The molecule has 0 amide bonds. The predicted molar refractivity (Wildman–Crippen MR) is 155 cm³/mol. The molecule has 1 aromatic heterocycles. The Morgan fingerprint density at radius 2 is 1.54 bits per heavy atom. The smallest absolute Gasteiger partial charge is 0.456 e. The average Bonchev–Trinajstić information content (AvgIpc) is 3.53. The van der Waals surface area contributed by atoms with Crippen molar-refractivity contribution in [3.63, 3.8) is 0 Å². The van der Waals surface area contributed by atoms with Gasteiger partial charge in [-0.3, -0.25) is 14.3 Å². The highest BCUT2D eigenvalue weighted by molar-refractivity contribution is 8.00. The third-order valence-electron chi connectivity index (χ3n) is 7.26. The van der Waals surface area contributed by atoms with Crippen LogP contribution in [0.1, 0.15) is 40.1 Å². The SMILES string of the molecule is O=C(O[C@H]1C[C@H](n2ccc(=O)[nH]c2=O)O[C@@H]1CO[P+](=S)OCC1c2ccccc2-c2ccccc21)c1ccccc1. The molecular weight excluding hydrogens is 563 g/mol. The number of hydrogen-bond donors (Lipinski definition) is 1. The molecule has 9 nitrogen and oxygen atoms in total. The Kier molecular flexibility index (Phi) is 8.00. The van der Waals surface area contributed by atoms with Gasteiger partial charge in [-0.2, -0.15) is 0 Å². The van der Waals surface area contributed by atoms with E-state index in [1.165, 1.54) is 39.1 Å². The van der Waals surface area contributed by atoms with E-state index in [-0.39, 0.29) is 18.9 Å². The maximum atomic E-state index is 12.8. The first-order valence-corrected chi connectivity index (χ1v) is 15.3. The first kappa shape index (κ1) is 27.4. The zero-order chi connectivity index (χ0) is 28.3. The van der Waals surface area contributed by atoms with E-state index in [4.69, 9.17) is 30.3 Å². The number of carbonyl (C=O) groups excluding carboxylic acids is 1. The summed E-state index contributed by atoms with van der Waals surface area (Å²) in [6.45, 7) is 0.352. The number of benzene rings is 3. The highest BCUT2D eigenvalue weighted by Gasteiger charge is 2.41. The summed E-state index contributed by atoms with van der Waals surface area (Å²) < 4.78 is 25.1. The zero-order valence-corrected chi connectivity index (χ0v) is 23.5. The molecule has 0 saturated carbocycles. The molecule has 2 heterocycles. The number of ether oxygens (including phenoxy) is 2. The molecular formula is C30H26N2O7PS+. The molecule has 3 aromatic carbocycles. The van der Waals surface area contributed by atoms with Crippen LogP contribution in [0.15, 0.2) is 101 Å². The molecule has 1 aliphatic heterocycles. The quantitative estimate of drug-likeness (QED) is 0.222. The van der Waals surface area contributed by atoms with E-state index in [1.54, 1.807) is 30.3 Å². The van der Waals surface area contributed by atoms with E-state index in [0.717, 1.165) is 0 Å². The number of fused-ring (bicyclic) bond motifs is 3. The Morgan fingerprint density at radius 1 is 0.902 bits per heavy atom. The maximum absolute atomic E-state index is 12.8. The highest BCUT2D eigenvalue weighted by atomic mass is 32.4. The normalized spacial score (nSPS) is 19.9. The highest BCUT2D eigenvalue weighted by Crippen LogP contribution is 2.45. The lowest BCUT2D eigenvalue weighted by Gasteiger charge is -2.17. The fourth-order valence-corrected chi connectivity index (χ4v) is 6.30. The minimum atomic E-state index is -1.71. The summed E-state index contributed by atoms with van der Waals surface area (Å²) in [5.41, 5.74) is 4.01. The number of nitrogens with one attached hydrogen (secondary N) is 1. The van der Waals surface area contributed by atoms with Crippen molar-refractivity contribution in [2.75, 3.05) is 13.2 Å². The standard InChI is InChI=1S/C30H25N2O7PS/c33-27-14-15-32(30(35)31-27)28-16-25(39-29(34)19-8-2-1-3-9-19)26(38-28)18-37-40(41)36-17-24-22-12-6-4-10-20(22)21-11-5-7-13-23(21)24/h1-15,24-26,28H,16-18H2/p+1/t25-,26+,28+/m0/s1. The molecule has 2 aliphatic rings. The summed E-state index contributed by atoms with van der Waals surface area (Å²) in [5.74, 6) is -0.480. The van der Waals surface area contributed by atoms with Crippen molar-refractivity contribution < 1.29 is 23.3 Å². The number of carbonyl (C=O) groups is 1. The summed E-state index contributed by atoms with van der Waals surface area (Å²) in [5, 5.41) is 0.